The van der Waals surface area contributed by atoms with Crippen LogP contribution < -0.4 is 5.32 Å². The van der Waals surface area contributed by atoms with E-state index in [0.29, 0.717) is 0 Å². The van der Waals surface area contributed by atoms with Gasteiger partial charge in [-0.05, 0) is 31.6 Å². The van der Waals surface area contributed by atoms with Crippen LogP contribution in [0.2, 0.25) is 0 Å². The predicted molar refractivity (Wildman–Crippen MR) is 47.6 cm³/mol. The van der Waals surface area contributed by atoms with Crippen LogP contribution in [0.5, 0.6) is 0 Å². The van der Waals surface area contributed by atoms with Gasteiger partial charge in [0.2, 0.25) is 0 Å². The first kappa shape index (κ1) is 7.60. The average Bonchev–Trinajstić information content (AvgIpc) is 2.34. The fourth-order valence-electron chi connectivity index (χ4n) is 2.87. The van der Waals surface area contributed by atoms with E-state index in [1.807, 2.05) is 0 Å². The van der Waals surface area contributed by atoms with Crippen LogP contribution in [-0.2, 0) is 0 Å². The highest BCUT2D eigenvalue weighted by Gasteiger charge is 2.37. The maximum atomic E-state index is 3.58. The van der Waals surface area contributed by atoms with Gasteiger partial charge in [-0.2, -0.15) is 0 Å². The van der Waals surface area contributed by atoms with Crippen LogP contribution >= 0.6 is 0 Å². The van der Waals surface area contributed by atoms with E-state index in [0.717, 1.165) is 11.5 Å². The molecule has 1 saturated carbocycles. The Kier molecular flexibility index (Phi) is 1.92. The van der Waals surface area contributed by atoms with Gasteiger partial charge in [0.25, 0.3) is 0 Å². The molecule has 1 aliphatic carbocycles. The Labute approximate surface area is 69.6 Å². The fourth-order valence-corrected chi connectivity index (χ4v) is 2.87. The van der Waals surface area contributed by atoms with Gasteiger partial charge in [0.15, 0.2) is 0 Å². The van der Waals surface area contributed by atoms with E-state index in [4.69, 9.17) is 0 Å². The fraction of sp³-hybridized carbons (Fsp3) is 1.00. The first-order valence-electron chi connectivity index (χ1n) is 5.04. The molecular weight excluding hydrogens is 134 g/mol. The number of rotatable bonds is 0. The molecule has 1 spiro atoms. The van der Waals surface area contributed by atoms with E-state index in [1.165, 1.54) is 45.1 Å². The van der Waals surface area contributed by atoms with Gasteiger partial charge in [0.1, 0.15) is 0 Å². The molecule has 2 aliphatic rings. The smallest absolute Gasteiger partial charge is 0.00447 e. The van der Waals surface area contributed by atoms with E-state index < -0.39 is 0 Å². The lowest BCUT2D eigenvalue weighted by atomic mass is 9.73. The van der Waals surface area contributed by atoms with Crippen LogP contribution in [0, 0.1) is 5.41 Å². The monoisotopic (exact) mass is 153 g/mol. The van der Waals surface area contributed by atoms with Gasteiger partial charge in [-0.25, -0.2) is 0 Å². The first-order valence-corrected chi connectivity index (χ1v) is 5.04. The molecule has 0 radical (unpaired) electrons. The maximum Gasteiger partial charge on any atom is 0.00447 e. The molecule has 1 nitrogen and oxygen atoms in total. The molecule has 1 saturated heterocycles. The molecule has 11 heavy (non-hydrogen) atoms. The summed E-state index contributed by atoms with van der Waals surface area (Å²) in [6.45, 7) is 3.62. The molecule has 0 aromatic heterocycles. The lowest BCUT2D eigenvalue weighted by Crippen LogP contribution is -2.26. The summed E-state index contributed by atoms with van der Waals surface area (Å²) in [5, 5.41) is 3.58. The van der Waals surface area contributed by atoms with Gasteiger partial charge in [0.05, 0.1) is 0 Å². The van der Waals surface area contributed by atoms with Gasteiger partial charge < -0.3 is 5.32 Å². The van der Waals surface area contributed by atoms with Crippen molar-refractivity contribution in [2.45, 2.75) is 51.5 Å². The molecule has 1 unspecified atom stereocenters. The molecule has 1 aliphatic heterocycles. The minimum Gasteiger partial charge on any atom is -0.314 e. The summed E-state index contributed by atoms with van der Waals surface area (Å²) >= 11 is 0. The molecule has 2 rings (SSSR count). The third-order valence-electron chi connectivity index (χ3n) is 3.48. The molecule has 0 bridgehead atoms. The number of nitrogens with one attached hydrogen (secondary N) is 1. The topological polar surface area (TPSA) is 12.0 Å². The third-order valence-corrected chi connectivity index (χ3v) is 3.48. The Morgan fingerprint density at radius 2 is 1.91 bits per heavy atom. The highest BCUT2D eigenvalue weighted by molar-refractivity contribution is 4.93. The summed E-state index contributed by atoms with van der Waals surface area (Å²) in [7, 11) is 0. The van der Waals surface area contributed by atoms with Crippen LogP contribution in [0.4, 0.5) is 0 Å². The Morgan fingerprint density at radius 3 is 2.45 bits per heavy atom. The quantitative estimate of drug-likeness (QED) is 0.563. The third kappa shape index (κ3) is 1.44. The predicted octanol–water partition coefficient (Wildman–Crippen LogP) is 2.32. The summed E-state index contributed by atoms with van der Waals surface area (Å²) in [5.41, 5.74) is 0.734. The Balaban J connectivity index is 1.98. The summed E-state index contributed by atoms with van der Waals surface area (Å²) in [5.74, 6) is 0. The van der Waals surface area contributed by atoms with E-state index in [2.05, 4.69) is 12.2 Å². The van der Waals surface area contributed by atoms with Crippen molar-refractivity contribution >= 4 is 0 Å². The molecule has 2 fully saturated rings. The maximum absolute atomic E-state index is 3.58. The zero-order valence-corrected chi connectivity index (χ0v) is 7.53. The Bertz CT molecular complexity index is 130. The zero-order chi connectivity index (χ0) is 7.73. The largest absolute Gasteiger partial charge is 0.314 e. The minimum atomic E-state index is 0.734. The SMILES string of the molecule is CC1CC2(CCCCC2)CN1. The Hall–Kier alpha value is -0.0400. The van der Waals surface area contributed by atoms with Crippen molar-refractivity contribution < 1.29 is 0 Å². The zero-order valence-electron chi connectivity index (χ0n) is 7.53. The molecule has 1 N–H and O–H groups in total. The molecule has 0 aromatic carbocycles. The van der Waals surface area contributed by atoms with Crippen molar-refractivity contribution in [1.29, 1.82) is 0 Å². The first-order chi connectivity index (χ1) is 5.31. The van der Waals surface area contributed by atoms with Crippen LogP contribution in [0.1, 0.15) is 45.4 Å². The summed E-state index contributed by atoms with van der Waals surface area (Å²) in [4.78, 5) is 0. The van der Waals surface area contributed by atoms with Gasteiger partial charge in [-0.1, -0.05) is 19.3 Å². The van der Waals surface area contributed by atoms with E-state index in [1.54, 1.807) is 0 Å². The number of hydrogen-bond acceptors (Lipinski definition) is 1. The Morgan fingerprint density at radius 1 is 1.18 bits per heavy atom. The van der Waals surface area contributed by atoms with Crippen LogP contribution in [0.25, 0.3) is 0 Å². The van der Waals surface area contributed by atoms with Gasteiger partial charge >= 0.3 is 0 Å². The van der Waals surface area contributed by atoms with Gasteiger partial charge in [-0.15, -0.1) is 0 Å². The highest BCUT2D eigenvalue weighted by atomic mass is 15.0. The standard InChI is InChI=1S/C10H19N/c1-9-7-10(8-11-9)5-3-2-4-6-10/h9,11H,2-8H2,1H3. The van der Waals surface area contributed by atoms with E-state index in [-0.39, 0.29) is 0 Å². The van der Waals surface area contributed by atoms with Crippen molar-refractivity contribution in [3.63, 3.8) is 0 Å². The molecule has 1 heteroatoms. The van der Waals surface area contributed by atoms with Crippen molar-refractivity contribution in [3.8, 4) is 0 Å². The molecule has 1 atom stereocenters. The lowest BCUT2D eigenvalue weighted by molar-refractivity contribution is 0.212. The molecule has 0 amide bonds. The summed E-state index contributed by atoms with van der Waals surface area (Å²) in [6.07, 6.45) is 8.86. The average molecular weight is 153 g/mol. The van der Waals surface area contributed by atoms with Crippen molar-refractivity contribution in [1.82, 2.24) is 5.32 Å². The van der Waals surface area contributed by atoms with Crippen LogP contribution in [-0.4, -0.2) is 12.6 Å². The molecule has 64 valence electrons. The second-order valence-corrected chi connectivity index (χ2v) is 4.55. The molecule has 1 heterocycles. The van der Waals surface area contributed by atoms with Crippen molar-refractivity contribution in [3.05, 3.63) is 0 Å². The van der Waals surface area contributed by atoms with Crippen molar-refractivity contribution in [2.75, 3.05) is 6.54 Å². The lowest BCUT2D eigenvalue weighted by Gasteiger charge is -2.32. The number of hydrogen-bond donors (Lipinski definition) is 1. The van der Waals surface area contributed by atoms with E-state index >= 15 is 0 Å². The van der Waals surface area contributed by atoms with E-state index in [9.17, 15) is 0 Å². The van der Waals surface area contributed by atoms with Crippen molar-refractivity contribution in [2.24, 2.45) is 5.41 Å². The second kappa shape index (κ2) is 2.78. The minimum absolute atomic E-state index is 0.734. The van der Waals surface area contributed by atoms with Gasteiger partial charge in [0, 0.05) is 12.6 Å². The highest BCUT2D eigenvalue weighted by Crippen LogP contribution is 2.42. The molecular formula is C10H19N. The van der Waals surface area contributed by atoms with Crippen LogP contribution in [0.15, 0.2) is 0 Å². The second-order valence-electron chi connectivity index (χ2n) is 4.55. The molecule has 0 aromatic rings. The summed E-state index contributed by atoms with van der Waals surface area (Å²) in [6, 6.07) is 0.785. The van der Waals surface area contributed by atoms with Crippen LogP contribution in [0.3, 0.4) is 0 Å². The normalized spacial score (nSPS) is 36.3. The summed E-state index contributed by atoms with van der Waals surface area (Å²) < 4.78 is 0. The van der Waals surface area contributed by atoms with Gasteiger partial charge in [-0.3, -0.25) is 0 Å².